The maximum Gasteiger partial charge on any atom is 0.358 e. The van der Waals surface area contributed by atoms with Crippen LogP contribution in [0.25, 0.3) is 16.9 Å². The van der Waals surface area contributed by atoms with Crippen LogP contribution in [0.5, 0.6) is 0 Å². The van der Waals surface area contributed by atoms with Gasteiger partial charge in [-0.1, -0.05) is 41.6 Å². The molecule has 0 spiro atoms. The molecular formula is C17H15N3O2. The van der Waals surface area contributed by atoms with Crippen molar-refractivity contribution in [3.8, 4) is 16.9 Å². The van der Waals surface area contributed by atoms with Crippen molar-refractivity contribution in [1.82, 2.24) is 15.0 Å². The third-order valence-electron chi connectivity index (χ3n) is 3.37. The number of rotatable bonds is 3. The van der Waals surface area contributed by atoms with Crippen LogP contribution >= 0.6 is 0 Å². The largest absolute Gasteiger partial charge is 0.476 e. The summed E-state index contributed by atoms with van der Waals surface area (Å²) in [6.07, 6.45) is 0. The minimum atomic E-state index is -1.09. The summed E-state index contributed by atoms with van der Waals surface area (Å²) in [5.41, 5.74) is 4.17. The first-order valence-electron chi connectivity index (χ1n) is 6.89. The van der Waals surface area contributed by atoms with Gasteiger partial charge >= 0.3 is 5.97 Å². The summed E-state index contributed by atoms with van der Waals surface area (Å²) in [6, 6.07) is 15.3. The van der Waals surface area contributed by atoms with E-state index in [0.29, 0.717) is 5.69 Å². The number of aryl methyl sites for hydroxylation is 2. The van der Waals surface area contributed by atoms with E-state index in [2.05, 4.69) is 16.4 Å². The number of carboxylic acids is 1. The predicted octanol–water partition coefficient (Wildman–Crippen LogP) is 3.25. The molecule has 0 bridgehead atoms. The molecule has 110 valence electrons. The fourth-order valence-corrected chi connectivity index (χ4v) is 2.53. The zero-order valence-electron chi connectivity index (χ0n) is 12.3. The monoisotopic (exact) mass is 293 g/mol. The van der Waals surface area contributed by atoms with Crippen molar-refractivity contribution in [3.63, 3.8) is 0 Å². The van der Waals surface area contributed by atoms with E-state index in [1.165, 1.54) is 0 Å². The zero-order chi connectivity index (χ0) is 15.7. The molecule has 22 heavy (non-hydrogen) atoms. The Bertz CT molecular complexity index is 818. The molecule has 0 aliphatic heterocycles. The second-order valence-electron chi connectivity index (χ2n) is 5.22. The van der Waals surface area contributed by atoms with Crippen molar-refractivity contribution in [2.75, 3.05) is 0 Å². The first-order valence-corrected chi connectivity index (χ1v) is 6.89. The second kappa shape index (κ2) is 5.44. The Morgan fingerprint density at radius 1 is 1.05 bits per heavy atom. The van der Waals surface area contributed by atoms with Crippen LogP contribution < -0.4 is 0 Å². The average molecular weight is 293 g/mol. The topological polar surface area (TPSA) is 68.0 Å². The molecule has 0 radical (unpaired) electrons. The highest BCUT2D eigenvalue weighted by Gasteiger charge is 2.21. The number of aromatic carboxylic acids is 1. The van der Waals surface area contributed by atoms with Crippen LogP contribution in [0.4, 0.5) is 0 Å². The van der Waals surface area contributed by atoms with Crippen LogP contribution in [0.15, 0.2) is 48.5 Å². The fourth-order valence-electron chi connectivity index (χ4n) is 2.53. The molecule has 0 atom stereocenters. The highest BCUT2D eigenvalue weighted by molar-refractivity contribution is 5.93. The standard InChI is InChI=1S/C17H15N3O2/c1-11-8-12(2)10-14(9-11)20-16(13-6-4-3-5-7-13)15(17(21)22)18-19-20/h3-10H,1-2H3,(H,21,22). The molecule has 0 aliphatic carbocycles. The molecule has 1 N–H and O–H groups in total. The Labute approximate surface area is 127 Å². The lowest BCUT2D eigenvalue weighted by atomic mass is 10.1. The highest BCUT2D eigenvalue weighted by atomic mass is 16.4. The van der Waals surface area contributed by atoms with E-state index in [0.717, 1.165) is 22.4 Å². The third-order valence-corrected chi connectivity index (χ3v) is 3.37. The molecule has 5 heteroatoms. The molecular weight excluding hydrogens is 278 g/mol. The van der Waals surface area contributed by atoms with E-state index >= 15 is 0 Å². The van der Waals surface area contributed by atoms with E-state index in [4.69, 9.17) is 0 Å². The Kier molecular flexibility index (Phi) is 3.47. The van der Waals surface area contributed by atoms with E-state index in [1.807, 2.05) is 56.3 Å². The molecule has 0 unspecified atom stereocenters. The van der Waals surface area contributed by atoms with Crippen LogP contribution in [0.1, 0.15) is 21.6 Å². The first kappa shape index (κ1) is 14.0. The van der Waals surface area contributed by atoms with Gasteiger partial charge in [0.25, 0.3) is 0 Å². The van der Waals surface area contributed by atoms with E-state index in [-0.39, 0.29) is 5.69 Å². The summed E-state index contributed by atoms with van der Waals surface area (Å²) in [5.74, 6) is -1.09. The third kappa shape index (κ3) is 2.48. The molecule has 0 fully saturated rings. The number of aromatic nitrogens is 3. The summed E-state index contributed by atoms with van der Waals surface area (Å²) in [4.78, 5) is 11.5. The molecule has 0 amide bonds. The van der Waals surface area contributed by atoms with Crippen molar-refractivity contribution in [3.05, 3.63) is 65.4 Å². The average Bonchev–Trinajstić information content (AvgIpc) is 2.92. The van der Waals surface area contributed by atoms with Gasteiger partial charge in [-0.05, 0) is 37.1 Å². The van der Waals surface area contributed by atoms with Crippen molar-refractivity contribution >= 4 is 5.97 Å². The van der Waals surface area contributed by atoms with Gasteiger partial charge in [0.15, 0.2) is 5.69 Å². The number of benzene rings is 2. The molecule has 0 saturated heterocycles. The lowest BCUT2D eigenvalue weighted by Gasteiger charge is -2.09. The van der Waals surface area contributed by atoms with Gasteiger partial charge in [0.2, 0.25) is 0 Å². The Morgan fingerprint density at radius 3 is 2.27 bits per heavy atom. The molecule has 1 aromatic heterocycles. The summed E-state index contributed by atoms with van der Waals surface area (Å²) in [7, 11) is 0. The SMILES string of the molecule is Cc1cc(C)cc(-n2nnc(C(=O)O)c2-c2ccccc2)c1. The second-order valence-corrected chi connectivity index (χ2v) is 5.22. The summed E-state index contributed by atoms with van der Waals surface area (Å²) in [5, 5.41) is 17.3. The van der Waals surface area contributed by atoms with Gasteiger partial charge in [-0.25, -0.2) is 9.48 Å². The predicted molar refractivity (Wildman–Crippen MR) is 83.2 cm³/mol. The summed E-state index contributed by atoms with van der Waals surface area (Å²) >= 11 is 0. The lowest BCUT2D eigenvalue weighted by molar-refractivity contribution is 0.0691. The number of nitrogens with zero attached hydrogens (tertiary/aromatic N) is 3. The van der Waals surface area contributed by atoms with E-state index in [9.17, 15) is 9.90 Å². The van der Waals surface area contributed by atoms with Crippen LogP contribution in [0.2, 0.25) is 0 Å². The smallest absolute Gasteiger partial charge is 0.358 e. The molecule has 3 aromatic rings. The minimum absolute atomic E-state index is 0.0506. The number of carboxylic acid groups (broad SMARTS) is 1. The number of carbonyl (C=O) groups is 1. The van der Waals surface area contributed by atoms with Gasteiger partial charge in [-0.3, -0.25) is 0 Å². The lowest BCUT2D eigenvalue weighted by Crippen LogP contribution is -2.03. The molecule has 0 aliphatic rings. The van der Waals surface area contributed by atoms with Gasteiger partial charge < -0.3 is 5.11 Å². The van der Waals surface area contributed by atoms with Crippen molar-refractivity contribution in [2.24, 2.45) is 0 Å². The van der Waals surface area contributed by atoms with Gasteiger partial charge in [-0.15, -0.1) is 5.10 Å². The maximum absolute atomic E-state index is 11.5. The molecule has 1 heterocycles. The summed E-state index contributed by atoms with van der Waals surface area (Å²) < 4.78 is 1.58. The Morgan fingerprint density at radius 2 is 1.68 bits per heavy atom. The van der Waals surface area contributed by atoms with Crippen molar-refractivity contribution in [2.45, 2.75) is 13.8 Å². The van der Waals surface area contributed by atoms with Crippen molar-refractivity contribution in [1.29, 1.82) is 0 Å². The van der Waals surface area contributed by atoms with E-state index < -0.39 is 5.97 Å². The quantitative estimate of drug-likeness (QED) is 0.805. The van der Waals surface area contributed by atoms with Gasteiger partial charge in [0.1, 0.15) is 5.69 Å². The Hall–Kier alpha value is -2.95. The normalized spacial score (nSPS) is 10.6. The van der Waals surface area contributed by atoms with Crippen LogP contribution in [0.3, 0.4) is 0 Å². The van der Waals surface area contributed by atoms with Gasteiger partial charge in [-0.2, -0.15) is 0 Å². The Balaban J connectivity index is 2.27. The van der Waals surface area contributed by atoms with E-state index in [1.54, 1.807) is 4.68 Å². The molecule has 2 aromatic carbocycles. The number of hydrogen-bond donors (Lipinski definition) is 1. The van der Waals surface area contributed by atoms with Crippen molar-refractivity contribution < 1.29 is 9.90 Å². The fraction of sp³-hybridized carbons (Fsp3) is 0.118. The number of hydrogen-bond acceptors (Lipinski definition) is 3. The first-order chi connectivity index (χ1) is 10.6. The maximum atomic E-state index is 11.5. The molecule has 0 saturated carbocycles. The molecule has 5 nitrogen and oxygen atoms in total. The van der Waals surface area contributed by atoms with Gasteiger partial charge in [0, 0.05) is 5.56 Å². The minimum Gasteiger partial charge on any atom is -0.476 e. The van der Waals surface area contributed by atoms with Crippen LogP contribution in [0, 0.1) is 13.8 Å². The highest BCUT2D eigenvalue weighted by Crippen LogP contribution is 2.26. The summed E-state index contributed by atoms with van der Waals surface area (Å²) in [6.45, 7) is 3.99. The van der Waals surface area contributed by atoms with Crippen LogP contribution in [-0.2, 0) is 0 Å². The van der Waals surface area contributed by atoms with Crippen LogP contribution in [-0.4, -0.2) is 26.1 Å². The van der Waals surface area contributed by atoms with Gasteiger partial charge in [0.05, 0.1) is 5.69 Å². The zero-order valence-corrected chi connectivity index (χ0v) is 12.3. The molecule has 3 rings (SSSR count).